The number of likely N-dealkylation sites (N-methyl/N-ethyl adjacent to an activating group) is 1. The number of rotatable bonds is 11. The van der Waals surface area contributed by atoms with Gasteiger partial charge in [0.25, 0.3) is 0 Å². The Morgan fingerprint density at radius 2 is 1.90 bits per heavy atom. The van der Waals surface area contributed by atoms with Gasteiger partial charge in [-0.2, -0.15) is 0 Å². The molecule has 1 heterocycles. The molecular weight excluding hydrogens is 392 g/mol. The van der Waals surface area contributed by atoms with Crippen LogP contribution in [0.5, 0.6) is 11.5 Å². The number of aliphatic hydroxyl groups excluding tert-OH is 1. The van der Waals surface area contributed by atoms with Crippen LogP contribution in [0.2, 0.25) is 0 Å². The Hall–Kier alpha value is -2.57. The normalized spacial score (nSPS) is 14.9. The first-order chi connectivity index (χ1) is 14.9. The predicted octanol–water partition coefficient (Wildman–Crippen LogP) is 3.18. The van der Waals surface area contributed by atoms with E-state index >= 15 is 0 Å². The van der Waals surface area contributed by atoms with Gasteiger partial charge in [0.05, 0.1) is 6.54 Å². The molecular formula is C25H34N2O4. The van der Waals surface area contributed by atoms with Gasteiger partial charge in [0, 0.05) is 26.1 Å². The summed E-state index contributed by atoms with van der Waals surface area (Å²) in [7, 11) is 1.98. The lowest BCUT2D eigenvalue weighted by molar-refractivity contribution is -0.128. The van der Waals surface area contributed by atoms with E-state index in [1.165, 1.54) is 5.56 Å². The Morgan fingerprint density at radius 1 is 1.13 bits per heavy atom. The van der Waals surface area contributed by atoms with Gasteiger partial charge in [-0.3, -0.25) is 9.69 Å². The summed E-state index contributed by atoms with van der Waals surface area (Å²) in [6.07, 6.45) is 1.05. The van der Waals surface area contributed by atoms with Crippen molar-refractivity contribution in [1.82, 2.24) is 9.80 Å². The highest BCUT2D eigenvalue weighted by Gasteiger charge is 2.19. The van der Waals surface area contributed by atoms with Crippen LogP contribution in [-0.2, 0) is 11.3 Å². The number of hydrogen-bond acceptors (Lipinski definition) is 5. The van der Waals surface area contributed by atoms with E-state index in [1.807, 2.05) is 55.3 Å². The lowest BCUT2D eigenvalue weighted by atomic mass is 10.1. The Morgan fingerprint density at radius 3 is 2.58 bits per heavy atom. The van der Waals surface area contributed by atoms with Crippen molar-refractivity contribution in [1.29, 1.82) is 0 Å². The van der Waals surface area contributed by atoms with Gasteiger partial charge in [-0.15, -0.1) is 0 Å². The summed E-state index contributed by atoms with van der Waals surface area (Å²) >= 11 is 0. The number of hydrogen-bond donors (Lipinski definition) is 1. The fourth-order valence-electron chi connectivity index (χ4n) is 3.84. The van der Waals surface area contributed by atoms with Crippen LogP contribution < -0.4 is 9.47 Å². The monoisotopic (exact) mass is 426 g/mol. The first-order valence-corrected chi connectivity index (χ1v) is 11.0. The van der Waals surface area contributed by atoms with Crippen LogP contribution in [-0.4, -0.2) is 66.8 Å². The molecule has 1 N–H and O–H groups in total. The van der Waals surface area contributed by atoms with Gasteiger partial charge in [-0.05, 0) is 56.6 Å². The molecule has 1 atom stereocenters. The van der Waals surface area contributed by atoms with Gasteiger partial charge in [0.15, 0.2) is 0 Å². The van der Waals surface area contributed by atoms with Crippen LogP contribution in [0.3, 0.4) is 0 Å². The van der Waals surface area contributed by atoms with Crippen molar-refractivity contribution in [3.8, 4) is 11.5 Å². The maximum Gasteiger partial charge on any atom is 0.222 e. The van der Waals surface area contributed by atoms with Gasteiger partial charge in [-0.1, -0.05) is 29.8 Å². The highest BCUT2D eigenvalue weighted by molar-refractivity contribution is 5.78. The van der Waals surface area contributed by atoms with Crippen LogP contribution >= 0.6 is 0 Å². The molecule has 1 fully saturated rings. The maximum absolute atomic E-state index is 11.6. The highest BCUT2D eigenvalue weighted by Crippen LogP contribution is 2.19. The van der Waals surface area contributed by atoms with Gasteiger partial charge in [0.2, 0.25) is 5.91 Å². The molecule has 0 unspecified atom stereocenters. The molecule has 0 radical (unpaired) electrons. The van der Waals surface area contributed by atoms with E-state index in [2.05, 4.69) is 17.9 Å². The van der Waals surface area contributed by atoms with Crippen LogP contribution in [0.25, 0.3) is 0 Å². The Balaban J connectivity index is 1.37. The average Bonchev–Trinajstić information content (AvgIpc) is 3.13. The molecule has 1 aliphatic rings. The van der Waals surface area contributed by atoms with Gasteiger partial charge in [-0.25, -0.2) is 0 Å². The molecule has 6 heteroatoms. The fraction of sp³-hybridized carbons (Fsp3) is 0.480. The molecule has 1 aliphatic heterocycles. The van der Waals surface area contributed by atoms with Crippen molar-refractivity contribution in [2.24, 2.45) is 0 Å². The maximum atomic E-state index is 11.6. The zero-order valence-electron chi connectivity index (χ0n) is 18.8. The summed E-state index contributed by atoms with van der Waals surface area (Å²) in [4.78, 5) is 15.6. The molecule has 1 amide bonds. The van der Waals surface area contributed by atoms with E-state index in [0.29, 0.717) is 26.1 Å². The number of likely N-dealkylation sites (tertiary alicyclic amines) is 1. The highest BCUT2D eigenvalue weighted by atomic mass is 16.5. The lowest BCUT2D eigenvalue weighted by Crippen LogP contribution is -2.32. The number of nitrogens with zero attached hydrogens (tertiary/aromatic N) is 2. The minimum atomic E-state index is -0.568. The van der Waals surface area contributed by atoms with Crippen molar-refractivity contribution < 1.29 is 19.4 Å². The number of benzene rings is 2. The first kappa shape index (κ1) is 23.1. The SMILES string of the molecule is Cc1ccc(OC[C@@H](O)CN(C)Cc2ccc(OCCN3CCCC3=O)cc2)c(C)c1. The molecule has 31 heavy (non-hydrogen) atoms. The lowest BCUT2D eigenvalue weighted by Gasteiger charge is -2.21. The molecule has 2 aromatic carbocycles. The number of amides is 1. The topological polar surface area (TPSA) is 62.2 Å². The summed E-state index contributed by atoms with van der Waals surface area (Å²) < 4.78 is 11.6. The van der Waals surface area contributed by atoms with E-state index in [4.69, 9.17) is 9.47 Å². The summed E-state index contributed by atoms with van der Waals surface area (Å²) in [5.41, 5.74) is 3.42. The summed E-state index contributed by atoms with van der Waals surface area (Å²) in [5, 5.41) is 10.3. The van der Waals surface area contributed by atoms with Crippen LogP contribution in [0, 0.1) is 13.8 Å². The zero-order valence-corrected chi connectivity index (χ0v) is 18.8. The summed E-state index contributed by atoms with van der Waals surface area (Å²) in [6.45, 7) is 7.57. The second-order valence-electron chi connectivity index (χ2n) is 8.41. The van der Waals surface area contributed by atoms with E-state index in [-0.39, 0.29) is 12.5 Å². The number of aryl methyl sites for hydroxylation is 2. The van der Waals surface area contributed by atoms with Crippen molar-refractivity contribution in [2.45, 2.75) is 39.3 Å². The number of ether oxygens (including phenoxy) is 2. The molecule has 0 saturated carbocycles. The second-order valence-corrected chi connectivity index (χ2v) is 8.41. The van der Waals surface area contributed by atoms with Crippen LogP contribution in [0.15, 0.2) is 42.5 Å². The fourth-order valence-corrected chi connectivity index (χ4v) is 3.84. The zero-order chi connectivity index (χ0) is 22.2. The van der Waals surface area contributed by atoms with Crippen molar-refractivity contribution in [3.63, 3.8) is 0 Å². The number of carbonyl (C=O) groups is 1. The predicted molar refractivity (Wildman–Crippen MR) is 122 cm³/mol. The third-order valence-electron chi connectivity index (χ3n) is 5.46. The van der Waals surface area contributed by atoms with Crippen LogP contribution in [0.4, 0.5) is 0 Å². The first-order valence-electron chi connectivity index (χ1n) is 11.0. The third-order valence-corrected chi connectivity index (χ3v) is 5.46. The third kappa shape index (κ3) is 7.26. The Bertz CT molecular complexity index is 853. The minimum absolute atomic E-state index is 0.226. The van der Waals surface area contributed by atoms with Gasteiger partial charge >= 0.3 is 0 Å². The van der Waals surface area contributed by atoms with E-state index < -0.39 is 6.10 Å². The second kappa shape index (κ2) is 11.2. The van der Waals surface area contributed by atoms with Crippen molar-refractivity contribution in [3.05, 3.63) is 59.2 Å². The molecule has 6 nitrogen and oxygen atoms in total. The Kier molecular flexibility index (Phi) is 8.32. The minimum Gasteiger partial charge on any atom is -0.492 e. The van der Waals surface area contributed by atoms with Crippen molar-refractivity contribution >= 4 is 5.91 Å². The molecule has 3 rings (SSSR count). The van der Waals surface area contributed by atoms with Crippen molar-refractivity contribution in [2.75, 3.05) is 39.9 Å². The van der Waals surface area contributed by atoms with E-state index in [9.17, 15) is 9.90 Å². The molecule has 168 valence electrons. The standard InChI is InChI=1S/C25H34N2O4/c1-19-6-11-24(20(2)15-19)31-18-22(28)17-26(3)16-21-7-9-23(10-8-21)30-14-13-27-12-4-5-25(27)29/h6-11,15,22,28H,4-5,12-14,16-18H2,1-3H3/t22-/m0/s1. The summed E-state index contributed by atoms with van der Waals surface area (Å²) in [6, 6.07) is 14.0. The van der Waals surface area contributed by atoms with E-state index in [1.54, 1.807) is 0 Å². The molecule has 1 saturated heterocycles. The molecule has 2 aromatic rings. The molecule has 0 aromatic heterocycles. The molecule has 0 aliphatic carbocycles. The van der Waals surface area contributed by atoms with Crippen LogP contribution in [0.1, 0.15) is 29.5 Å². The van der Waals surface area contributed by atoms with Gasteiger partial charge in [0.1, 0.15) is 30.8 Å². The van der Waals surface area contributed by atoms with Gasteiger partial charge < -0.3 is 19.5 Å². The number of aliphatic hydroxyl groups is 1. The largest absolute Gasteiger partial charge is 0.492 e. The summed E-state index contributed by atoms with van der Waals surface area (Å²) in [5.74, 6) is 1.85. The Labute approximate surface area is 185 Å². The quantitative estimate of drug-likeness (QED) is 0.598. The average molecular weight is 427 g/mol. The molecule has 0 spiro atoms. The number of carbonyl (C=O) groups excluding carboxylic acids is 1. The smallest absolute Gasteiger partial charge is 0.222 e. The molecule has 0 bridgehead atoms. The van der Waals surface area contributed by atoms with E-state index in [0.717, 1.165) is 42.1 Å².